The van der Waals surface area contributed by atoms with Crippen LogP contribution in [-0.4, -0.2) is 157 Å². The fourth-order valence-corrected chi connectivity index (χ4v) is 13.8. The molecular weight excluding hydrogens is 1270 g/mol. The summed E-state index contributed by atoms with van der Waals surface area (Å²) in [6, 6.07) is -2.40. The van der Waals surface area contributed by atoms with Gasteiger partial charge in [-0.25, -0.2) is 9.36 Å². The number of methoxy groups -OCH3 is 2. The third-order valence-corrected chi connectivity index (χ3v) is 19.5. The number of hydrogen-bond acceptors (Lipinski definition) is 18. The second kappa shape index (κ2) is 61.1. The van der Waals surface area contributed by atoms with Crippen LogP contribution in [0.4, 0.5) is 4.79 Å². The molecular formula is C77H139N2O18P. The maximum Gasteiger partial charge on any atom is 0.509 e. The molecule has 2 rings (SSSR count). The molecule has 20 nitrogen and oxygen atoms in total. The summed E-state index contributed by atoms with van der Waals surface area (Å²) in [4.78, 5) is 55.1. The van der Waals surface area contributed by atoms with Gasteiger partial charge in [0.1, 0.15) is 55.0 Å². The summed E-state index contributed by atoms with van der Waals surface area (Å²) in [5.41, 5.74) is 0. The van der Waals surface area contributed by atoms with E-state index < -0.39 is 87.6 Å². The van der Waals surface area contributed by atoms with Gasteiger partial charge in [-0.2, -0.15) is 0 Å². The Morgan fingerprint density at radius 3 is 1.55 bits per heavy atom. The standard InChI is InChI=1S/C77H139N2O18P/c1-10-17-21-25-28-31-32-33-34-35-36-38-40-44-48-52-67(81)78-70-74(89-59-53-64(87-9)51-47-42-24-20-13-4)72(97-98(85,92-56-15-6)93-57-16-7)66(62-86-8)95-76(70)90-60-54-65-71(96-77(84)91-55-14-5)73(88-58-49-45-41-30-27-23-19-12-3)69(75(83)94-65)79-68(82)61-63(80)50-46-43-39-37-29-26-22-18-11-2/h14-16,31-32,64-66,69-76,83H,5-7,10-13,17-30,33-62H2,1-4,8-9H3,(H,78,81)(H,79,82)/t64-,65-,66-,69-,70-,71-,72-,73-,74-,75?,76-/m1/s1. The number of ketones is 1. The fraction of sp³-hybridized carbons (Fsp3) is 0.844. The molecule has 0 bridgehead atoms. The first-order chi connectivity index (χ1) is 47.8. The summed E-state index contributed by atoms with van der Waals surface area (Å²) in [7, 11) is -1.29. The van der Waals surface area contributed by atoms with Crippen molar-refractivity contribution in [3.8, 4) is 0 Å². The number of phosphoric acid groups is 1. The van der Waals surface area contributed by atoms with Crippen LogP contribution in [0.1, 0.15) is 291 Å². The Morgan fingerprint density at radius 2 is 1.00 bits per heavy atom. The first-order valence-corrected chi connectivity index (χ1v) is 40.1. The summed E-state index contributed by atoms with van der Waals surface area (Å²) < 4.78 is 89.0. The van der Waals surface area contributed by atoms with E-state index in [0.29, 0.717) is 25.7 Å². The molecule has 570 valence electrons. The van der Waals surface area contributed by atoms with Crippen molar-refractivity contribution in [1.82, 2.24) is 10.6 Å². The SMILES string of the molecule is C=CCOC(=O)O[C@H]1[C@H](OCCCCCCCCCC)[C@@H](NC(=O)CC(=O)CCCCCCCCCCC)C(O)O[C@@H]1CCO[C@@H]1O[C@H](COC)[C@@H](OP(=O)(OCC=C)OCC=C)[C@H](OCC[C@@H](CCCCCCC)OC)[C@H]1NC(=O)CCCCCCCCCC=CCCCCCC. The Hall–Kier alpha value is -3.37. The molecule has 21 heteroatoms. The smallest absolute Gasteiger partial charge is 0.430 e. The zero-order valence-electron chi connectivity index (χ0n) is 62.1. The number of hydrogen-bond donors (Lipinski definition) is 3. The van der Waals surface area contributed by atoms with Crippen molar-refractivity contribution in [1.29, 1.82) is 0 Å². The Balaban J connectivity index is 2.59. The summed E-state index contributed by atoms with van der Waals surface area (Å²) in [6.07, 6.45) is 36.5. The Morgan fingerprint density at radius 1 is 0.510 bits per heavy atom. The van der Waals surface area contributed by atoms with E-state index in [2.05, 4.69) is 70.2 Å². The molecule has 1 unspecified atom stereocenters. The van der Waals surface area contributed by atoms with Gasteiger partial charge < -0.3 is 58.4 Å². The van der Waals surface area contributed by atoms with Crippen molar-refractivity contribution >= 4 is 31.6 Å². The third kappa shape index (κ3) is 42.9. The maximum absolute atomic E-state index is 14.7. The van der Waals surface area contributed by atoms with Crippen LogP contribution in [0.3, 0.4) is 0 Å². The average Bonchev–Trinajstić information content (AvgIpc) is 0.786. The largest absolute Gasteiger partial charge is 0.509 e. The molecule has 2 amide bonds. The lowest BCUT2D eigenvalue weighted by molar-refractivity contribution is -0.284. The van der Waals surface area contributed by atoms with Gasteiger partial charge in [0, 0.05) is 46.7 Å². The van der Waals surface area contributed by atoms with Crippen LogP contribution in [0.2, 0.25) is 0 Å². The van der Waals surface area contributed by atoms with Crippen molar-refractivity contribution in [2.75, 3.05) is 60.5 Å². The van der Waals surface area contributed by atoms with Gasteiger partial charge >= 0.3 is 14.0 Å². The van der Waals surface area contributed by atoms with Gasteiger partial charge in [-0.15, -0.1) is 13.2 Å². The molecule has 98 heavy (non-hydrogen) atoms. The van der Waals surface area contributed by atoms with E-state index in [1.807, 2.05) is 0 Å². The normalized spacial score (nSPS) is 21.4. The van der Waals surface area contributed by atoms with Crippen LogP contribution < -0.4 is 10.6 Å². The van der Waals surface area contributed by atoms with E-state index in [1.165, 1.54) is 96.0 Å². The van der Waals surface area contributed by atoms with Crippen molar-refractivity contribution in [2.45, 2.75) is 358 Å². The zero-order chi connectivity index (χ0) is 71.5. The van der Waals surface area contributed by atoms with Crippen LogP contribution in [0.25, 0.3) is 0 Å². The van der Waals surface area contributed by atoms with Gasteiger partial charge in [0.05, 0.1) is 39.0 Å². The van der Waals surface area contributed by atoms with Gasteiger partial charge in [-0.1, -0.05) is 244 Å². The van der Waals surface area contributed by atoms with Gasteiger partial charge in [0.2, 0.25) is 11.8 Å². The van der Waals surface area contributed by atoms with Crippen LogP contribution >= 0.6 is 7.82 Å². The molecule has 2 aliphatic heterocycles. The lowest BCUT2D eigenvalue weighted by Gasteiger charge is -2.47. The molecule has 0 aliphatic carbocycles. The lowest BCUT2D eigenvalue weighted by atomic mass is 9.94. The molecule has 2 saturated heterocycles. The number of carbonyl (C=O) groups is 4. The number of allylic oxidation sites excluding steroid dienone is 2. The molecule has 0 aromatic carbocycles. The first kappa shape index (κ1) is 90.7. The lowest BCUT2D eigenvalue weighted by Crippen LogP contribution is -2.66. The number of aliphatic hydroxyl groups is 1. The van der Waals surface area contributed by atoms with Crippen LogP contribution in [0.5, 0.6) is 0 Å². The molecule has 2 heterocycles. The minimum absolute atomic E-state index is 0.0729. The van der Waals surface area contributed by atoms with E-state index in [0.717, 1.165) is 141 Å². The van der Waals surface area contributed by atoms with Crippen molar-refractivity contribution in [2.24, 2.45) is 0 Å². The summed E-state index contributed by atoms with van der Waals surface area (Å²) >= 11 is 0. The second-order valence-corrected chi connectivity index (χ2v) is 28.3. The second-order valence-electron chi connectivity index (χ2n) is 26.7. The number of carbonyl (C=O) groups excluding carboxylic acids is 4. The summed E-state index contributed by atoms with van der Waals surface area (Å²) in [6.45, 7) is 19.4. The van der Waals surface area contributed by atoms with Crippen LogP contribution in [0.15, 0.2) is 50.1 Å². The van der Waals surface area contributed by atoms with E-state index in [-0.39, 0.29) is 83.3 Å². The zero-order valence-corrected chi connectivity index (χ0v) is 63.0. The number of rotatable bonds is 67. The Bertz CT molecular complexity index is 2090. The van der Waals surface area contributed by atoms with Crippen molar-refractivity contribution in [3.05, 3.63) is 50.1 Å². The predicted molar refractivity (Wildman–Crippen MR) is 389 cm³/mol. The number of ether oxygens (including phenoxy) is 9. The highest BCUT2D eigenvalue weighted by Crippen LogP contribution is 2.52. The van der Waals surface area contributed by atoms with E-state index in [9.17, 15) is 28.8 Å². The van der Waals surface area contributed by atoms with E-state index >= 15 is 0 Å². The number of nitrogens with one attached hydrogen (secondary N) is 2. The minimum Gasteiger partial charge on any atom is -0.430 e. The molecule has 0 radical (unpaired) electrons. The highest BCUT2D eigenvalue weighted by Gasteiger charge is 2.53. The molecule has 0 aromatic heterocycles. The molecule has 2 aliphatic rings. The molecule has 2 fully saturated rings. The summed E-state index contributed by atoms with van der Waals surface area (Å²) in [5, 5.41) is 18.0. The number of unbranched alkanes of at least 4 members (excludes halogenated alkanes) is 30. The average molecular weight is 1410 g/mol. The maximum atomic E-state index is 14.7. The Labute approximate surface area is 593 Å². The molecule has 0 spiro atoms. The van der Waals surface area contributed by atoms with Gasteiger partial charge in [0.15, 0.2) is 18.7 Å². The number of aliphatic hydroxyl groups excluding tert-OH is 1. The monoisotopic (exact) mass is 1410 g/mol. The molecule has 3 N–H and O–H groups in total. The third-order valence-electron chi connectivity index (χ3n) is 18.1. The van der Waals surface area contributed by atoms with Crippen molar-refractivity contribution < 1.29 is 85.1 Å². The van der Waals surface area contributed by atoms with Crippen LogP contribution in [-0.2, 0) is 75.2 Å². The van der Waals surface area contributed by atoms with Crippen molar-refractivity contribution in [3.63, 3.8) is 0 Å². The topological polar surface area (TPSA) is 240 Å². The molecule has 0 aromatic rings. The number of phosphoric ester groups is 1. The van der Waals surface area contributed by atoms with Crippen LogP contribution in [0, 0.1) is 0 Å². The Kier molecular flexibility index (Phi) is 56.6. The van der Waals surface area contributed by atoms with E-state index in [1.54, 1.807) is 7.11 Å². The molecule has 0 saturated carbocycles. The number of amides is 2. The summed E-state index contributed by atoms with van der Waals surface area (Å²) in [5.74, 6) is -1.16. The quantitative estimate of drug-likeness (QED) is 0.0169. The number of Topliss-reactive ketones (excluding diaryl/α,β-unsaturated/α-hetero) is 1. The highest BCUT2D eigenvalue weighted by atomic mass is 31.2. The minimum atomic E-state index is -4.45. The van der Waals surface area contributed by atoms with Gasteiger partial charge in [-0.05, 0) is 57.8 Å². The first-order valence-electron chi connectivity index (χ1n) is 38.6. The highest BCUT2D eigenvalue weighted by molar-refractivity contribution is 7.48. The predicted octanol–water partition coefficient (Wildman–Crippen LogP) is 17.7. The molecule has 11 atom stereocenters. The van der Waals surface area contributed by atoms with Gasteiger partial charge in [-0.3, -0.25) is 28.0 Å². The fourth-order valence-electron chi connectivity index (χ4n) is 12.5. The van der Waals surface area contributed by atoms with Gasteiger partial charge in [0.25, 0.3) is 0 Å². The van der Waals surface area contributed by atoms with E-state index in [4.69, 9.17) is 56.2 Å².